The molecule has 1 saturated heterocycles. The van der Waals surface area contributed by atoms with Crippen LogP contribution in [0.4, 0.5) is 18.9 Å². The maximum absolute atomic E-state index is 13.6. The van der Waals surface area contributed by atoms with E-state index in [0.29, 0.717) is 6.54 Å². The second kappa shape index (κ2) is 10.4. The Morgan fingerprint density at radius 3 is 2.22 bits per heavy atom. The predicted molar refractivity (Wildman–Crippen MR) is 132 cm³/mol. The van der Waals surface area contributed by atoms with Gasteiger partial charge in [-0.3, -0.25) is 4.79 Å². The summed E-state index contributed by atoms with van der Waals surface area (Å²) in [5.74, 6) is -0.573. The average molecular weight is 517 g/mol. The lowest BCUT2D eigenvalue weighted by Crippen LogP contribution is -2.44. The van der Waals surface area contributed by atoms with Gasteiger partial charge >= 0.3 is 6.18 Å². The number of hydrogen-bond donors (Lipinski definition) is 0. The number of piperidine rings is 1. The third kappa shape index (κ3) is 5.63. The van der Waals surface area contributed by atoms with Crippen molar-refractivity contribution >= 4 is 21.6 Å². The van der Waals surface area contributed by atoms with E-state index in [2.05, 4.69) is 0 Å². The molecule has 3 aromatic carbocycles. The Bertz CT molecular complexity index is 1320. The molecule has 1 aliphatic heterocycles. The number of amides is 1. The summed E-state index contributed by atoms with van der Waals surface area (Å²) >= 11 is 0. The van der Waals surface area contributed by atoms with Crippen LogP contribution >= 0.6 is 0 Å². The van der Waals surface area contributed by atoms with Gasteiger partial charge in [-0.1, -0.05) is 54.6 Å². The van der Waals surface area contributed by atoms with E-state index < -0.39 is 32.6 Å². The number of sulfonamides is 1. The van der Waals surface area contributed by atoms with Crippen LogP contribution in [0.5, 0.6) is 0 Å². The quantitative estimate of drug-likeness (QED) is 0.426. The molecule has 0 spiro atoms. The molecule has 0 radical (unpaired) electrons. The van der Waals surface area contributed by atoms with Crippen LogP contribution in [0.1, 0.15) is 29.5 Å². The standard InChI is InChI=1S/C27H27F3N2O3S/c1-20-8-7-11-23(18-20)32(19-21-9-3-2-4-10-21)26(33)22-14-16-31(17-15-22)36(34,35)25-13-6-5-12-24(25)27(28,29)30/h2-13,18,22H,14-17,19H2,1H3. The zero-order chi connectivity index (χ0) is 25.9. The fraction of sp³-hybridized carbons (Fsp3) is 0.296. The molecule has 3 aromatic rings. The number of benzene rings is 3. The van der Waals surface area contributed by atoms with Crippen molar-refractivity contribution in [1.82, 2.24) is 4.31 Å². The highest BCUT2D eigenvalue weighted by atomic mass is 32.2. The zero-order valence-corrected chi connectivity index (χ0v) is 20.6. The van der Waals surface area contributed by atoms with Crippen molar-refractivity contribution in [3.8, 4) is 0 Å². The second-order valence-electron chi connectivity index (χ2n) is 8.92. The van der Waals surface area contributed by atoms with Gasteiger partial charge in [-0.15, -0.1) is 0 Å². The summed E-state index contributed by atoms with van der Waals surface area (Å²) in [5, 5.41) is 0. The molecule has 0 N–H and O–H groups in total. The van der Waals surface area contributed by atoms with Gasteiger partial charge in [-0.05, 0) is 55.2 Å². The van der Waals surface area contributed by atoms with Gasteiger partial charge in [-0.2, -0.15) is 17.5 Å². The number of nitrogens with zero attached hydrogens (tertiary/aromatic N) is 2. The first-order valence-electron chi connectivity index (χ1n) is 11.7. The largest absolute Gasteiger partial charge is 0.417 e. The lowest BCUT2D eigenvalue weighted by Gasteiger charge is -2.34. The Balaban J connectivity index is 1.53. The van der Waals surface area contributed by atoms with Crippen LogP contribution in [-0.4, -0.2) is 31.7 Å². The third-order valence-electron chi connectivity index (χ3n) is 6.38. The Labute approximate surface area is 209 Å². The van der Waals surface area contributed by atoms with E-state index in [4.69, 9.17) is 0 Å². The average Bonchev–Trinajstić information content (AvgIpc) is 2.87. The van der Waals surface area contributed by atoms with E-state index in [0.717, 1.165) is 33.3 Å². The first-order chi connectivity index (χ1) is 17.1. The third-order valence-corrected chi connectivity index (χ3v) is 8.33. The van der Waals surface area contributed by atoms with Crippen molar-refractivity contribution in [2.45, 2.75) is 37.4 Å². The van der Waals surface area contributed by atoms with Crippen molar-refractivity contribution in [3.05, 3.63) is 95.6 Å². The van der Waals surface area contributed by atoms with Gasteiger partial charge in [-0.25, -0.2) is 8.42 Å². The van der Waals surface area contributed by atoms with Crippen LogP contribution in [0, 0.1) is 12.8 Å². The van der Waals surface area contributed by atoms with E-state index in [9.17, 15) is 26.4 Å². The maximum Gasteiger partial charge on any atom is 0.417 e. The van der Waals surface area contributed by atoms with Crippen LogP contribution < -0.4 is 4.90 Å². The molecule has 0 bridgehead atoms. The number of hydrogen-bond acceptors (Lipinski definition) is 3. The number of alkyl halides is 3. The molecule has 0 unspecified atom stereocenters. The van der Waals surface area contributed by atoms with Gasteiger partial charge in [0.05, 0.1) is 17.0 Å². The van der Waals surface area contributed by atoms with Gasteiger partial charge in [0.15, 0.2) is 0 Å². The summed E-state index contributed by atoms with van der Waals surface area (Å²) in [6.45, 7) is 2.24. The normalized spacial score (nSPS) is 15.6. The van der Waals surface area contributed by atoms with Gasteiger partial charge in [0.1, 0.15) is 0 Å². The summed E-state index contributed by atoms with van der Waals surface area (Å²) in [4.78, 5) is 14.6. The van der Waals surface area contributed by atoms with Crippen molar-refractivity contribution in [2.24, 2.45) is 5.92 Å². The Morgan fingerprint density at radius 1 is 0.944 bits per heavy atom. The highest BCUT2D eigenvalue weighted by molar-refractivity contribution is 7.89. The van der Waals surface area contributed by atoms with Crippen LogP contribution in [0.2, 0.25) is 0 Å². The molecule has 0 atom stereocenters. The minimum absolute atomic E-state index is 0.0298. The summed E-state index contributed by atoms with van der Waals surface area (Å²) in [5.41, 5.74) is 1.52. The fourth-order valence-electron chi connectivity index (χ4n) is 4.49. The van der Waals surface area contributed by atoms with Gasteiger partial charge < -0.3 is 4.90 Å². The molecular formula is C27H27F3N2O3S. The molecule has 5 nitrogen and oxygen atoms in total. The Kier molecular flexibility index (Phi) is 7.51. The summed E-state index contributed by atoms with van der Waals surface area (Å²) in [7, 11) is -4.36. The minimum Gasteiger partial charge on any atom is -0.308 e. The molecule has 9 heteroatoms. The highest BCUT2D eigenvalue weighted by Crippen LogP contribution is 2.36. The van der Waals surface area contributed by atoms with E-state index in [1.807, 2.05) is 61.5 Å². The molecule has 0 aliphatic carbocycles. The summed E-state index contributed by atoms with van der Waals surface area (Å²) in [6.07, 6.45) is -4.34. The smallest absolute Gasteiger partial charge is 0.308 e. The van der Waals surface area contributed by atoms with Gasteiger partial charge in [0, 0.05) is 24.7 Å². The van der Waals surface area contributed by atoms with E-state index in [1.54, 1.807) is 4.90 Å². The first kappa shape index (κ1) is 25.9. The molecule has 190 valence electrons. The van der Waals surface area contributed by atoms with Crippen LogP contribution in [0.3, 0.4) is 0 Å². The number of anilines is 1. The SMILES string of the molecule is Cc1cccc(N(Cc2ccccc2)C(=O)C2CCN(S(=O)(=O)c3ccccc3C(F)(F)F)CC2)c1. The molecule has 36 heavy (non-hydrogen) atoms. The molecular weight excluding hydrogens is 489 g/mol. The topological polar surface area (TPSA) is 57.7 Å². The van der Waals surface area contributed by atoms with E-state index in [-0.39, 0.29) is 31.8 Å². The molecule has 0 aromatic heterocycles. The van der Waals surface area contributed by atoms with Crippen molar-refractivity contribution < 1.29 is 26.4 Å². The summed E-state index contributed by atoms with van der Waals surface area (Å²) in [6, 6.07) is 21.4. The molecule has 1 amide bonds. The number of carbonyl (C=O) groups excluding carboxylic acids is 1. The monoisotopic (exact) mass is 516 g/mol. The number of aryl methyl sites for hydroxylation is 1. The predicted octanol–water partition coefficient (Wildman–Crippen LogP) is 5.65. The number of halogens is 3. The van der Waals surface area contributed by atoms with Gasteiger partial charge in [0.25, 0.3) is 0 Å². The van der Waals surface area contributed by atoms with E-state index >= 15 is 0 Å². The minimum atomic E-state index is -4.79. The maximum atomic E-state index is 13.6. The highest BCUT2D eigenvalue weighted by Gasteiger charge is 2.40. The molecule has 1 fully saturated rings. The van der Waals surface area contributed by atoms with E-state index in [1.165, 1.54) is 12.1 Å². The summed E-state index contributed by atoms with van der Waals surface area (Å²) < 4.78 is 67.6. The Morgan fingerprint density at radius 2 is 1.58 bits per heavy atom. The zero-order valence-electron chi connectivity index (χ0n) is 19.8. The lowest BCUT2D eigenvalue weighted by molar-refractivity contribution is -0.139. The second-order valence-corrected chi connectivity index (χ2v) is 10.8. The number of rotatable bonds is 6. The molecule has 1 aliphatic rings. The first-order valence-corrected chi connectivity index (χ1v) is 13.1. The van der Waals surface area contributed by atoms with Crippen LogP contribution in [0.25, 0.3) is 0 Å². The van der Waals surface area contributed by atoms with Crippen molar-refractivity contribution in [1.29, 1.82) is 0 Å². The van der Waals surface area contributed by atoms with Crippen molar-refractivity contribution in [3.63, 3.8) is 0 Å². The fourth-order valence-corrected chi connectivity index (χ4v) is 6.17. The molecule has 0 saturated carbocycles. The lowest BCUT2D eigenvalue weighted by atomic mass is 9.96. The number of carbonyl (C=O) groups is 1. The van der Waals surface area contributed by atoms with Crippen LogP contribution in [0.15, 0.2) is 83.8 Å². The molecule has 1 heterocycles. The molecule has 4 rings (SSSR count). The van der Waals surface area contributed by atoms with Crippen molar-refractivity contribution in [2.75, 3.05) is 18.0 Å². The van der Waals surface area contributed by atoms with Gasteiger partial charge in [0.2, 0.25) is 15.9 Å². The Hall–Kier alpha value is -3.17. The van der Waals surface area contributed by atoms with Crippen LogP contribution in [-0.2, 0) is 27.5 Å².